The second-order valence-corrected chi connectivity index (χ2v) is 11.5. The number of nitrogens with two attached hydrogens (primary N) is 2. The first-order chi connectivity index (χ1) is 18.7. The van der Waals surface area contributed by atoms with Crippen molar-refractivity contribution in [3.05, 3.63) is 35.4 Å². The van der Waals surface area contributed by atoms with Crippen LogP contribution in [0, 0.1) is 11.8 Å². The molecule has 1 aliphatic rings. The lowest BCUT2D eigenvalue weighted by Gasteiger charge is -2.30. The Labute approximate surface area is 236 Å². The molecule has 0 spiro atoms. The minimum atomic E-state index is 0.0811. The van der Waals surface area contributed by atoms with Gasteiger partial charge in [-0.25, -0.2) is 0 Å². The molecule has 0 saturated heterocycles. The van der Waals surface area contributed by atoms with Crippen LogP contribution in [0.1, 0.15) is 108 Å². The van der Waals surface area contributed by atoms with Gasteiger partial charge in [0.1, 0.15) is 0 Å². The molecule has 39 heavy (non-hydrogen) atoms. The van der Waals surface area contributed by atoms with Crippen LogP contribution < -0.4 is 16.2 Å². The fraction of sp³-hybridized carbons (Fsp3) is 0.688. The number of hydrogen-bond donors (Lipinski definition) is 3. The fourth-order valence-corrected chi connectivity index (χ4v) is 5.46. The lowest BCUT2D eigenvalue weighted by atomic mass is 9.78. The van der Waals surface area contributed by atoms with Crippen molar-refractivity contribution in [1.82, 2.24) is 0 Å². The molecule has 1 aromatic rings. The van der Waals surface area contributed by atoms with Crippen molar-refractivity contribution in [1.29, 1.82) is 0 Å². The molecular weight excluding hydrogens is 490 g/mol. The van der Waals surface area contributed by atoms with Gasteiger partial charge in [-0.05, 0) is 93.2 Å². The Morgan fingerprint density at radius 3 is 2.56 bits per heavy atom. The number of allylic oxidation sites excluding steroid dienone is 2. The van der Waals surface area contributed by atoms with Crippen molar-refractivity contribution < 1.29 is 19.4 Å². The molecule has 0 aromatic heterocycles. The van der Waals surface area contributed by atoms with E-state index in [1.165, 1.54) is 0 Å². The van der Waals surface area contributed by atoms with Crippen LogP contribution in [0.4, 0.5) is 0 Å². The van der Waals surface area contributed by atoms with E-state index >= 15 is 0 Å². The van der Waals surface area contributed by atoms with E-state index in [9.17, 15) is 9.90 Å². The summed E-state index contributed by atoms with van der Waals surface area (Å²) >= 11 is 0. The minimum absolute atomic E-state index is 0.0811. The SMILES string of the molecule is CCCC=CC(=O)CCc1cc(OC2CCCC2)c(O)c([C@H](CCC(C)C)[C@H](CCCN=C(N)N)COC)c1. The van der Waals surface area contributed by atoms with Crippen LogP contribution >= 0.6 is 0 Å². The normalized spacial score (nSPS) is 15.6. The summed E-state index contributed by atoms with van der Waals surface area (Å²) in [6, 6.07) is 4.05. The highest BCUT2D eigenvalue weighted by atomic mass is 16.5. The van der Waals surface area contributed by atoms with Crippen molar-refractivity contribution in [3.8, 4) is 11.5 Å². The van der Waals surface area contributed by atoms with Gasteiger partial charge in [-0.2, -0.15) is 0 Å². The van der Waals surface area contributed by atoms with Gasteiger partial charge in [0.2, 0.25) is 0 Å². The van der Waals surface area contributed by atoms with Crippen molar-refractivity contribution in [2.75, 3.05) is 20.3 Å². The Balaban J connectivity index is 2.41. The van der Waals surface area contributed by atoms with Gasteiger partial charge in [0.25, 0.3) is 0 Å². The van der Waals surface area contributed by atoms with Crippen LogP contribution in [-0.4, -0.2) is 43.2 Å². The number of unbranched alkanes of at least 4 members (excludes halogenated alkanes) is 1. The summed E-state index contributed by atoms with van der Waals surface area (Å²) in [6.45, 7) is 7.70. The van der Waals surface area contributed by atoms with Gasteiger partial charge in [0, 0.05) is 32.2 Å². The predicted molar refractivity (Wildman–Crippen MR) is 160 cm³/mol. The van der Waals surface area contributed by atoms with Crippen LogP contribution in [0.5, 0.6) is 11.5 Å². The zero-order valence-electron chi connectivity index (χ0n) is 24.8. The van der Waals surface area contributed by atoms with E-state index in [0.29, 0.717) is 37.7 Å². The standard InChI is InChI=1S/C32H53N3O4/c1-5-6-7-12-26(36)17-16-24-20-29(31(37)30(21-24)39-27-13-8-9-14-27)28(18-15-23(2)3)25(22-38-4)11-10-19-35-32(33)34/h7,12,20-21,23,25,27-28,37H,5-6,8-11,13-19,22H2,1-4H3,(H4,33,34,35)/t25-,28-/m1/s1. The molecule has 220 valence electrons. The van der Waals surface area contributed by atoms with E-state index in [4.69, 9.17) is 20.9 Å². The van der Waals surface area contributed by atoms with Gasteiger partial charge >= 0.3 is 0 Å². The molecular formula is C32H53N3O4. The lowest BCUT2D eigenvalue weighted by molar-refractivity contribution is -0.114. The van der Waals surface area contributed by atoms with Crippen LogP contribution in [-0.2, 0) is 16.0 Å². The minimum Gasteiger partial charge on any atom is -0.504 e. The number of nitrogens with zero attached hydrogens (tertiary/aromatic N) is 1. The van der Waals surface area contributed by atoms with Gasteiger partial charge in [-0.1, -0.05) is 45.8 Å². The quantitative estimate of drug-likeness (QED) is 0.0803. The maximum Gasteiger partial charge on any atom is 0.185 e. The van der Waals surface area contributed by atoms with Crippen molar-refractivity contribution in [3.63, 3.8) is 0 Å². The number of carbonyl (C=O) groups is 1. The molecule has 2 rings (SSSR count). The highest BCUT2D eigenvalue weighted by Crippen LogP contribution is 2.44. The molecule has 0 heterocycles. The monoisotopic (exact) mass is 543 g/mol. The summed E-state index contributed by atoms with van der Waals surface area (Å²) in [5.41, 5.74) is 13.0. The first-order valence-electron chi connectivity index (χ1n) is 15.0. The van der Waals surface area contributed by atoms with E-state index in [1.54, 1.807) is 13.2 Å². The number of ketones is 1. The van der Waals surface area contributed by atoms with Crippen molar-refractivity contribution >= 4 is 11.7 Å². The van der Waals surface area contributed by atoms with Crippen molar-refractivity contribution in [2.24, 2.45) is 28.3 Å². The van der Waals surface area contributed by atoms with Gasteiger partial charge in [0.05, 0.1) is 6.10 Å². The first kappa shape index (κ1) is 32.7. The molecule has 1 fully saturated rings. The smallest absolute Gasteiger partial charge is 0.185 e. The third-order valence-electron chi connectivity index (χ3n) is 7.61. The Morgan fingerprint density at radius 2 is 1.92 bits per heavy atom. The van der Waals surface area contributed by atoms with Gasteiger partial charge < -0.3 is 26.0 Å². The lowest BCUT2D eigenvalue weighted by Crippen LogP contribution is -2.23. The van der Waals surface area contributed by atoms with Gasteiger partial charge in [0.15, 0.2) is 23.2 Å². The predicted octanol–water partition coefficient (Wildman–Crippen LogP) is 6.41. The summed E-state index contributed by atoms with van der Waals surface area (Å²) < 4.78 is 12.1. The van der Waals surface area contributed by atoms with Gasteiger partial charge in [-0.15, -0.1) is 0 Å². The summed E-state index contributed by atoms with van der Waals surface area (Å²) in [5.74, 6) is 1.81. The molecule has 5 N–H and O–H groups in total. The Morgan fingerprint density at radius 1 is 1.18 bits per heavy atom. The zero-order valence-corrected chi connectivity index (χ0v) is 24.8. The molecule has 0 amide bonds. The number of aliphatic imine (C=N–C) groups is 1. The average Bonchev–Trinajstić information content (AvgIpc) is 3.40. The number of phenolic OH excluding ortho intramolecular Hbond substituents is 1. The number of aryl methyl sites for hydroxylation is 1. The molecule has 2 atom stereocenters. The summed E-state index contributed by atoms with van der Waals surface area (Å²) in [7, 11) is 1.73. The number of guanidine groups is 1. The maximum atomic E-state index is 12.5. The third kappa shape index (κ3) is 12.0. The van der Waals surface area contributed by atoms with E-state index in [2.05, 4.69) is 31.8 Å². The number of phenols is 1. The number of benzene rings is 1. The molecule has 0 unspecified atom stereocenters. The molecule has 0 aliphatic heterocycles. The van der Waals surface area contributed by atoms with E-state index in [1.807, 2.05) is 12.1 Å². The number of hydrogen-bond acceptors (Lipinski definition) is 5. The maximum absolute atomic E-state index is 12.5. The van der Waals surface area contributed by atoms with Gasteiger partial charge in [-0.3, -0.25) is 9.79 Å². The molecule has 0 bridgehead atoms. The van der Waals surface area contributed by atoms with Crippen LogP contribution in [0.25, 0.3) is 0 Å². The third-order valence-corrected chi connectivity index (χ3v) is 7.61. The number of methoxy groups -OCH3 is 1. The molecule has 1 aliphatic carbocycles. The Bertz CT molecular complexity index is 918. The zero-order chi connectivity index (χ0) is 28.6. The molecule has 7 heteroatoms. The summed E-state index contributed by atoms with van der Waals surface area (Å²) in [4.78, 5) is 16.7. The van der Waals surface area contributed by atoms with E-state index in [-0.39, 0.29) is 35.4 Å². The largest absolute Gasteiger partial charge is 0.504 e. The van der Waals surface area contributed by atoms with Crippen LogP contribution in [0.3, 0.4) is 0 Å². The van der Waals surface area contributed by atoms with E-state index < -0.39 is 0 Å². The number of rotatable bonds is 19. The fourth-order valence-electron chi connectivity index (χ4n) is 5.46. The second-order valence-electron chi connectivity index (χ2n) is 11.5. The molecule has 1 aromatic carbocycles. The van der Waals surface area contributed by atoms with Crippen LogP contribution in [0.2, 0.25) is 0 Å². The average molecular weight is 544 g/mol. The highest BCUT2D eigenvalue weighted by molar-refractivity contribution is 5.89. The van der Waals surface area contributed by atoms with Crippen LogP contribution in [0.15, 0.2) is 29.3 Å². The van der Waals surface area contributed by atoms with Crippen molar-refractivity contribution in [2.45, 2.75) is 110 Å². The number of ether oxygens (including phenoxy) is 2. The Kier molecular flexibility index (Phi) is 15.0. The first-order valence-corrected chi connectivity index (χ1v) is 15.0. The topological polar surface area (TPSA) is 120 Å². The second kappa shape index (κ2) is 17.9. The number of aromatic hydroxyl groups is 1. The number of carbonyl (C=O) groups excluding carboxylic acids is 1. The summed E-state index contributed by atoms with van der Waals surface area (Å²) in [6.07, 6.45) is 14.7. The Hall–Kier alpha value is -2.54. The van der Waals surface area contributed by atoms with E-state index in [0.717, 1.165) is 75.3 Å². The summed E-state index contributed by atoms with van der Waals surface area (Å²) in [5, 5.41) is 11.6. The molecule has 7 nitrogen and oxygen atoms in total. The molecule has 1 saturated carbocycles. The molecule has 0 radical (unpaired) electrons. The highest BCUT2D eigenvalue weighted by Gasteiger charge is 2.29.